The molecular formula is C8H13BrN4. The van der Waals surface area contributed by atoms with Gasteiger partial charge in [0.25, 0.3) is 0 Å². The van der Waals surface area contributed by atoms with E-state index in [2.05, 4.69) is 26.2 Å². The van der Waals surface area contributed by atoms with Crippen molar-refractivity contribution in [2.75, 3.05) is 0 Å². The summed E-state index contributed by atoms with van der Waals surface area (Å²) < 4.78 is 2.66. The van der Waals surface area contributed by atoms with Crippen molar-refractivity contribution in [3.8, 4) is 0 Å². The van der Waals surface area contributed by atoms with E-state index in [9.17, 15) is 0 Å². The van der Waals surface area contributed by atoms with E-state index >= 15 is 0 Å². The zero-order valence-electron chi connectivity index (χ0n) is 7.57. The number of nitrogens with two attached hydrogens (primary N) is 1. The molecule has 2 atom stereocenters. The Morgan fingerprint density at radius 3 is 2.77 bits per heavy atom. The molecule has 0 radical (unpaired) electrons. The third-order valence-corrected chi connectivity index (χ3v) is 3.31. The van der Waals surface area contributed by atoms with Gasteiger partial charge in [-0.2, -0.15) is 0 Å². The Labute approximate surface area is 85.6 Å². The predicted molar refractivity (Wildman–Crippen MR) is 53.3 cm³/mol. The third kappa shape index (κ3) is 1.50. The van der Waals surface area contributed by atoms with Crippen molar-refractivity contribution < 1.29 is 0 Å². The van der Waals surface area contributed by atoms with Crippen molar-refractivity contribution in [2.24, 2.45) is 12.8 Å². The quantitative estimate of drug-likeness (QED) is 0.808. The highest BCUT2D eigenvalue weighted by Gasteiger charge is 2.30. The Hall–Kier alpha value is -0.420. The maximum absolute atomic E-state index is 6.02. The molecule has 1 aromatic heterocycles. The van der Waals surface area contributed by atoms with Gasteiger partial charge in [-0.25, -0.2) is 0 Å². The second kappa shape index (κ2) is 3.38. The molecule has 13 heavy (non-hydrogen) atoms. The van der Waals surface area contributed by atoms with E-state index in [1.807, 2.05) is 11.7 Å². The minimum absolute atomic E-state index is 0.272. The first kappa shape index (κ1) is 9.15. The maximum atomic E-state index is 6.02. The SMILES string of the molecule is Cn1nnc(Br)c1C1CCCC1N. The molecule has 2 N–H and O–H groups in total. The van der Waals surface area contributed by atoms with E-state index in [0.717, 1.165) is 23.1 Å². The molecule has 1 aliphatic carbocycles. The summed E-state index contributed by atoms with van der Waals surface area (Å²) in [4.78, 5) is 0. The smallest absolute Gasteiger partial charge is 0.151 e. The fourth-order valence-corrected chi connectivity index (χ4v) is 2.68. The molecule has 0 aromatic carbocycles. The standard InChI is InChI=1S/C8H13BrN4/c1-13-7(8(9)11-12-13)5-3-2-4-6(5)10/h5-6H,2-4,10H2,1H3. The van der Waals surface area contributed by atoms with Crippen molar-refractivity contribution in [1.82, 2.24) is 15.0 Å². The summed E-state index contributed by atoms with van der Waals surface area (Å²) in [5.41, 5.74) is 7.16. The lowest BCUT2D eigenvalue weighted by Gasteiger charge is -2.14. The Balaban J connectivity index is 2.33. The lowest BCUT2D eigenvalue weighted by Crippen LogP contribution is -2.24. The minimum Gasteiger partial charge on any atom is -0.327 e. The molecule has 0 amide bonds. The molecule has 1 saturated carbocycles. The topological polar surface area (TPSA) is 56.7 Å². The second-order valence-electron chi connectivity index (χ2n) is 3.59. The van der Waals surface area contributed by atoms with Crippen molar-refractivity contribution in [1.29, 1.82) is 0 Å². The molecule has 5 heteroatoms. The Morgan fingerprint density at radius 2 is 2.31 bits per heavy atom. The van der Waals surface area contributed by atoms with E-state index in [4.69, 9.17) is 5.73 Å². The van der Waals surface area contributed by atoms with Crippen LogP contribution in [-0.4, -0.2) is 21.0 Å². The monoisotopic (exact) mass is 244 g/mol. The van der Waals surface area contributed by atoms with E-state index in [-0.39, 0.29) is 6.04 Å². The molecule has 1 aliphatic rings. The fraction of sp³-hybridized carbons (Fsp3) is 0.750. The molecule has 1 heterocycles. The van der Waals surface area contributed by atoms with Crippen molar-refractivity contribution in [2.45, 2.75) is 31.2 Å². The Kier molecular flexibility index (Phi) is 2.38. The van der Waals surface area contributed by atoms with Crippen molar-refractivity contribution >= 4 is 15.9 Å². The van der Waals surface area contributed by atoms with Gasteiger partial charge in [0, 0.05) is 19.0 Å². The first-order valence-corrected chi connectivity index (χ1v) is 5.30. The van der Waals surface area contributed by atoms with E-state index in [1.54, 1.807) is 0 Å². The summed E-state index contributed by atoms with van der Waals surface area (Å²) in [6.07, 6.45) is 3.48. The van der Waals surface area contributed by atoms with Gasteiger partial charge < -0.3 is 5.73 Å². The van der Waals surface area contributed by atoms with Gasteiger partial charge in [0.2, 0.25) is 0 Å². The van der Waals surface area contributed by atoms with Crippen LogP contribution in [0, 0.1) is 0 Å². The molecule has 4 nitrogen and oxygen atoms in total. The highest BCUT2D eigenvalue weighted by molar-refractivity contribution is 9.10. The molecule has 1 aromatic rings. The molecule has 1 fully saturated rings. The lowest BCUT2D eigenvalue weighted by atomic mass is 10.0. The molecular weight excluding hydrogens is 232 g/mol. The van der Waals surface area contributed by atoms with E-state index < -0.39 is 0 Å². The zero-order chi connectivity index (χ0) is 9.42. The molecule has 0 bridgehead atoms. The summed E-state index contributed by atoms with van der Waals surface area (Å²) in [6, 6.07) is 0.272. The zero-order valence-corrected chi connectivity index (χ0v) is 9.16. The van der Waals surface area contributed by atoms with Gasteiger partial charge in [-0.15, -0.1) is 5.10 Å². The largest absolute Gasteiger partial charge is 0.327 e. The Bertz CT molecular complexity index is 290. The summed E-state index contributed by atoms with van der Waals surface area (Å²) >= 11 is 3.40. The van der Waals surface area contributed by atoms with Gasteiger partial charge in [0.05, 0.1) is 5.69 Å². The van der Waals surface area contributed by atoms with Crippen LogP contribution in [0.25, 0.3) is 0 Å². The van der Waals surface area contributed by atoms with Crippen LogP contribution in [0.4, 0.5) is 0 Å². The number of aromatic nitrogens is 3. The van der Waals surface area contributed by atoms with Gasteiger partial charge in [-0.1, -0.05) is 11.6 Å². The number of nitrogens with zero attached hydrogens (tertiary/aromatic N) is 3. The van der Waals surface area contributed by atoms with Crippen molar-refractivity contribution in [3.05, 3.63) is 10.3 Å². The number of hydrogen-bond donors (Lipinski definition) is 1. The highest BCUT2D eigenvalue weighted by Crippen LogP contribution is 2.35. The summed E-state index contributed by atoms with van der Waals surface area (Å²) in [7, 11) is 1.91. The molecule has 2 unspecified atom stereocenters. The lowest BCUT2D eigenvalue weighted by molar-refractivity contribution is 0.553. The van der Waals surface area contributed by atoms with Gasteiger partial charge in [0.1, 0.15) is 0 Å². The molecule has 72 valence electrons. The third-order valence-electron chi connectivity index (χ3n) is 2.75. The normalized spacial score (nSPS) is 28.2. The summed E-state index contributed by atoms with van der Waals surface area (Å²) in [5.74, 6) is 0.425. The summed E-state index contributed by atoms with van der Waals surface area (Å²) in [6.45, 7) is 0. The van der Waals surface area contributed by atoms with Crippen LogP contribution < -0.4 is 5.73 Å². The van der Waals surface area contributed by atoms with Crippen LogP contribution in [0.3, 0.4) is 0 Å². The molecule has 2 rings (SSSR count). The summed E-state index contributed by atoms with van der Waals surface area (Å²) in [5, 5.41) is 7.93. The fourth-order valence-electron chi connectivity index (χ4n) is 2.06. The van der Waals surface area contributed by atoms with Crippen LogP contribution >= 0.6 is 15.9 Å². The van der Waals surface area contributed by atoms with Gasteiger partial charge >= 0.3 is 0 Å². The van der Waals surface area contributed by atoms with Crippen molar-refractivity contribution in [3.63, 3.8) is 0 Å². The van der Waals surface area contributed by atoms with Crippen LogP contribution in [0.15, 0.2) is 4.60 Å². The van der Waals surface area contributed by atoms with Crippen LogP contribution in [0.5, 0.6) is 0 Å². The first-order valence-electron chi connectivity index (χ1n) is 4.51. The number of aryl methyl sites for hydroxylation is 1. The average molecular weight is 245 g/mol. The van der Waals surface area contributed by atoms with Crippen LogP contribution in [-0.2, 0) is 7.05 Å². The van der Waals surface area contributed by atoms with Gasteiger partial charge in [-0.05, 0) is 28.8 Å². The minimum atomic E-state index is 0.272. The first-order chi connectivity index (χ1) is 6.20. The molecule has 0 aliphatic heterocycles. The predicted octanol–water partition coefficient (Wildman–Crippen LogP) is 1.17. The second-order valence-corrected chi connectivity index (χ2v) is 4.34. The van der Waals surface area contributed by atoms with E-state index in [1.165, 1.54) is 6.42 Å². The number of rotatable bonds is 1. The van der Waals surface area contributed by atoms with Gasteiger partial charge in [-0.3, -0.25) is 4.68 Å². The number of hydrogen-bond acceptors (Lipinski definition) is 3. The van der Waals surface area contributed by atoms with Crippen LogP contribution in [0.1, 0.15) is 30.9 Å². The van der Waals surface area contributed by atoms with Gasteiger partial charge in [0.15, 0.2) is 4.60 Å². The molecule has 0 saturated heterocycles. The highest BCUT2D eigenvalue weighted by atomic mass is 79.9. The van der Waals surface area contributed by atoms with E-state index in [0.29, 0.717) is 5.92 Å². The van der Waals surface area contributed by atoms with Crippen LogP contribution in [0.2, 0.25) is 0 Å². The maximum Gasteiger partial charge on any atom is 0.151 e. The number of halogens is 1. The average Bonchev–Trinajstić information content (AvgIpc) is 2.60. The Morgan fingerprint density at radius 1 is 1.54 bits per heavy atom. The molecule has 0 spiro atoms.